The van der Waals surface area contributed by atoms with Gasteiger partial charge in [0, 0.05) is 21.8 Å². The van der Waals surface area contributed by atoms with Gasteiger partial charge in [0.2, 0.25) is 0 Å². The molecular formula is C22H24ClNO5S. The van der Waals surface area contributed by atoms with Crippen molar-refractivity contribution in [3.63, 3.8) is 0 Å². The number of nitrogens with one attached hydrogen (secondary N) is 1. The van der Waals surface area contributed by atoms with Crippen molar-refractivity contribution >= 4 is 40.5 Å². The van der Waals surface area contributed by atoms with Crippen molar-refractivity contribution in [3.05, 3.63) is 52.0 Å². The monoisotopic (exact) mass is 449 g/mol. The Morgan fingerprint density at radius 2 is 2.00 bits per heavy atom. The summed E-state index contributed by atoms with van der Waals surface area (Å²) in [4.78, 5) is 12.6. The van der Waals surface area contributed by atoms with Gasteiger partial charge in [0.25, 0.3) is 0 Å². The van der Waals surface area contributed by atoms with Crippen molar-refractivity contribution in [2.75, 3.05) is 26.1 Å². The van der Waals surface area contributed by atoms with Crippen molar-refractivity contribution in [1.82, 2.24) is 0 Å². The van der Waals surface area contributed by atoms with Crippen LogP contribution in [0.15, 0.2) is 30.3 Å². The zero-order chi connectivity index (χ0) is 21.8. The van der Waals surface area contributed by atoms with E-state index in [1.54, 1.807) is 27.2 Å². The maximum atomic E-state index is 12.2. The summed E-state index contributed by atoms with van der Waals surface area (Å²) in [5.74, 6) is 0.721. The Balaban J connectivity index is 2.14. The number of benzene rings is 2. The highest BCUT2D eigenvalue weighted by Gasteiger charge is 2.34. The van der Waals surface area contributed by atoms with E-state index in [1.165, 1.54) is 0 Å². The molecule has 0 radical (unpaired) electrons. The lowest BCUT2D eigenvalue weighted by Crippen LogP contribution is -2.31. The number of anilines is 1. The van der Waals surface area contributed by atoms with Gasteiger partial charge < -0.3 is 24.3 Å². The highest BCUT2D eigenvalue weighted by Crippen LogP contribution is 2.44. The molecule has 0 saturated heterocycles. The average molecular weight is 450 g/mol. The molecule has 0 saturated carbocycles. The normalized spacial score (nSPS) is 18.1. The van der Waals surface area contributed by atoms with Gasteiger partial charge in [0.1, 0.15) is 17.2 Å². The zero-order valence-corrected chi connectivity index (χ0v) is 18.9. The molecule has 8 heteroatoms. The maximum absolute atomic E-state index is 12.2. The van der Waals surface area contributed by atoms with Gasteiger partial charge in [0.15, 0.2) is 11.5 Å². The van der Waals surface area contributed by atoms with Crippen LogP contribution < -0.4 is 14.8 Å². The first-order chi connectivity index (χ1) is 14.4. The van der Waals surface area contributed by atoms with E-state index in [1.807, 2.05) is 31.2 Å². The minimum absolute atomic E-state index is 0.0108. The Labute approximate surface area is 186 Å². The Bertz CT molecular complexity index is 965. The van der Waals surface area contributed by atoms with Gasteiger partial charge in [-0.15, -0.1) is 0 Å². The lowest BCUT2D eigenvalue weighted by molar-refractivity contribution is -0.145. The van der Waals surface area contributed by atoms with Crippen LogP contribution in [0.4, 0.5) is 5.69 Å². The third kappa shape index (κ3) is 4.53. The van der Waals surface area contributed by atoms with Gasteiger partial charge in [-0.05, 0) is 37.6 Å². The topological polar surface area (TPSA) is 66.0 Å². The number of carbonyl (C=O) groups excluding carboxylic acids is 1. The number of esters is 1. The number of aryl methyl sites for hydroxylation is 1. The zero-order valence-electron chi connectivity index (χ0n) is 17.3. The van der Waals surface area contributed by atoms with E-state index < -0.39 is 12.2 Å². The molecule has 0 bridgehead atoms. The first-order valence-electron chi connectivity index (χ1n) is 9.52. The van der Waals surface area contributed by atoms with Crippen LogP contribution in [0, 0.1) is 6.92 Å². The number of methoxy groups -OCH3 is 2. The molecule has 1 aliphatic heterocycles. The molecule has 1 heterocycles. The smallest absolute Gasteiger partial charge is 0.308 e. The van der Waals surface area contributed by atoms with Crippen LogP contribution in [0.1, 0.15) is 36.1 Å². The van der Waals surface area contributed by atoms with Crippen molar-refractivity contribution in [3.8, 4) is 11.5 Å². The van der Waals surface area contributed by atoms with Crippen LogP contribution in [0.5, 0.6) is 11.5 Å². The van der Waals surface area contributed by atoms with Crippen LogP contribution in [0.2, 0.25) is 5.02 Å². The second-order valence-corrected chi connectivity index (χ2v) is 7.62. The van der Waals surface area contributed by atoms with Crippen molar-refractivity contribution in [1.29, 1.82) is 0 Å². The third-order valence-electron chi connectivity index (χ3n) is 4.84. The fraction of sp³-hybridized carbons (Fsp3) is 0.364. The summed E-state index contributed by atoms with van der Waals surface area (Å²) in [6, 6.07) is 9.31. The molecule has 2 atom stereocenters. The predicted molar refractivity (Wildman–Crippen MR) is 120 cm³/mol. The Kier molecular flexibility index (Phi) is 7.18. The Morgan fingerprint density at radius 3 is 2.67 bits per heavy atom. The van der Waals surface area contributed by atoms with Gasteiger partial charge in [-0.3, -0.25) is 4.79 Å². The summed E-state index contributed by atoms with van der Waals surface area (Å²) in [5.41, 5.74) is 3.18. The molecule has 30 heavy (non-hydrogen) atoms. The first kappa shape index (κ1) is 22.3. The van der Waals surface area contributed by atoms with E-state index in [2.05, 4.69) is 5.32 Å². The molecule has 0 aromatic heterocycles. The van der Waals surface area contributed by atoms with Crippen LogP contribution in [0.3, 0.4) is 0 Å². The van der Waals surface area contributed by atoms with Crippen LogP contribution >= 0.6 is 23.8 Å². The second kappa shape index (κ2) is 9.64. The third-order valence-corrected chi connectivity index (χ3v) is 5.61. The van der Waals surface area contributed by atoms with E-state index in [9.17, 15) is 4.79 Å². The number of hydrogen-bond acceptors (Lipinski definition) is 6. The van der Waals surface area contributed by atoms with E-state index >= 15 is 0 Å². The van der Waals surface area contributed by atoms with Crippen molar-refractivity contribution in [2.24, 2.45) is 0 Å². The number of carbonyl (C=O) groups is 1. The van der Waals surface area contributed by atoms with Crippen molar-refractivity contribution in [2.45, 2.75) is 32.5 Å². The Hall–Kier alpha value is -2.35. The van der Waals surface area contributed by atoms with Gasteiger partial charge in [-0.2, -0.15) is 0 Å². The van der Waals surface area contributed by atoms with Crippen LogP contribution in [0.25, 0.3) is 0 Å². The van der Waals surface area contributed by atoms with E-state index in [-0.39, 0.29) is 19.0 Å². The number of thiocarbonyl (C=S) groups is 1. The highest BCUT2D eigenvalue weighted by molar-refractivity contribution is 7.80. The summed E-state index contributed by atoms with van der Waals surface area (Å²) in [6.45, 7) is 3.96. The van der Waals surface area contributed by atoms with Gasteiger partial charge in [-0.25, -0.2) is 0 Å². The van der Waals surface area contributed by atoms with E-state index in [4.69, 9.17) is 42.8 Å². The van der Waals surface area contributed by atoms with Crippen molar-refractivity contribution < 1.29 is 23.7 Å². The van der Waals surface area contributed by atoms with Crippen LogP contribution in [-0.2, 0) is 14.3 Å². The molecule has 2 aromatic rings. The number of para-hydroxylation sites is 1. The molecule has 1 N–H and O–H groups in total. The standard InChI is InChI=1S/C22H24ClNO5S/c1-5-28-19(25)11-18-22(30)24-16-9-12(2)15(23)10-14(16)20(29-18)13-7-6-8-17(26-3)21(13)27-4/h6-10,18,20H,5,11H2,1-4H3,(H,24,30)/t18-,20-/m0/s1. The minimum Gasteiger partial charge on any atom is -0.493 e. The lowest BCUT2D eigenvalue weighted by atomic mass is 9.97. The molecule has 0 amide bonds. The number of fused-ring (bicyclic) bond motifs is 1. The molecule has 2 aromatic carbocycles. The summed E-state index contributed by atoms with van der Waals surface area (Å²) < 4.78 is 22.6. The van der Waals surface area contributed by atoms with Gasteiger partial charge in [0.05, 0.1) is 27.2 Å². The molecule has 160 valence electrons. The second-order valence-electron chi connectivity index (χ2n) is 6.77. The first-order valence-corrected chi connectivity index (χ1v) is 10.3. The maximum Gasteiger partial charge on any atom is 0.308 e. The molecule has 0 unspecified atom stereocenters. The van der Waals surface area contributed by atoms with Crippen LogP contribution in [-0.4, -0.2) is 37.9 Å². The molecule has 0 aliphatic carbocycles. The molecular weight excluding hydrogens is 426 g/mol. The lowest BCUT2D eigenvalue weighted by Gasteiger charge is -2.24. The molecule has 0 spiro atoms. The average Bonchev–Trinajstić information content (AvgIpc) is 2.84. The number of rotatable bonds is 6. The van der Waals surface area contributed by atoms with E-state index in [0.717, 1.165) is 22.4 Å². The Morgan fingerprint density at radius 1 is 1.23 bits per heavy atom. The minimum atomic E-state index is -0.688. The highest BCUT2D eigenvalue weighted by atomic mass is 35.5. The van der Waals surface area contributed by atoms with Gasteiger partial charge in [-0.1, -0.05) is 36.0 Å². The van der Waals surface area contributed by atoms with Gasteiger partial charge >= 0.3 is 5.97 Å². The summed E-state index contributed by atoms with van der Waals surface area (Å²) in [5, 5.41) is 3.82. The number of ether oxygens (including phenoxy) is 4. The quantitative estimate of drug-likeness (QED) is 0.499. The summed E-state index contributed by atoms with van der Waals surface area (Å²) >= 11 is 12.0. The predicted octanol–water partition coefficient (Wildman–Crippen LogP) is 4.85. The number of hydrogen-bond donors (Lipinski definition) is 1. The number of halogens is 1. The SMILES string of the molecule is CCOC(=O)C[C@@H]1O[C@@H](c2cccc(OC)c2OC)c2cc(Cl)c(C)cc2NC1=S. The summed E-state index contributed by atoms with van der Waals surface area (Å²) in [7, 11) is 3.14. The van der Waals surface area contributed by atoms with E-state index in [0.29, 0.717) is 21.5 Å². The molecule has 0 fully saturated rings. The largest absolute Gasteiger partial charge is 0.493 e. The fourth-order valence-corrected chi connectivity index (χ4v) is 3.83. The fourth-order valence-electron chi connectivity index (χ4n) is 3.41. The molecule has 1 aliphatic rings. The summed E-state index contributed by atoms with van der Waals surface area (Å²) in [6.07, 6.45) is -1.30. The molecule has 3 rings (SSSR count). The molecule has 6 nitrogen and oxygen atoms in total.